The van der Waals surface area contributed by atoms with Gasteiger partial charge in [0, 0.05) is 17.8 Å². The molecule has 2 N–H and O–H groups in total. The number of hydrogen-bond acceptors (Lipinski definition) is 4. The lowest BCUT2D eigenvalue weighted by Gasteiger charge is -2.20. The van der Waals surface area contributed by atoms with Crippen LogP contribution in [0, 0.1) is 20.8 Å². The van der Waals surface area contributed by atoms with Gasteiger partial charge in [-0.1, -0.05) is 24.6 Å². The number of likely N-dealkylation sites (N-methyl/N-ethyl adjacent to an activating group) is 1. The van der Waals surface area contributed by atoms with Crippen LogP contribution in [0.15, 0.2) is 18.2 Å². The number of carbonyl (C=O) groups excluding carboxylic acids is 2. The first-order valence-corrected chi connectivity index (χ1v) is 9.17. The third-order valence-corrected chi connectivity index (χ3v) is 4.66. The maximum atomic E-state index is 12.4. The Kier molecular flexibility index (Phi) is 6.98. The molecule has 1 heterocycles. The van der Waals surface area contributed by atoms with Gasteiger partial charge in [-0.15, -0.1) is 0 Å². The molecule has 0 atom stereocenters. The van der Waals surface area contributed by atoms with Gasteiger partial charge in [0.25, 0.3) is 0 Å². The van der Waals surface area contributed by atoms with Gasteiger partial charge in [0.2, 0.25) is 11.8 Å². The minimum Gasteiger partial charge on any atom is -0.325 e. The van der Waals surface area contributed by atoms with E-state index >= 15 is 0 Å². The molecule has 0 fully saturated rings. The van der Waals surface area contributed by atoms with Crippen molar-refractivity contribution in [2.45, 2.75) is 27.7 Å². The highest BCUT2D eigenvalue weighted by Gasteiger charge is 2.17. The number of hydrogen-bond donors (Lipinski definition) is 2. The molecule has 0 aliphatic heterocycles. The molecule has 0 saturated heterocycles. The molecular weight excluding hydrogens is 366 g/mol. The summed E-state index contributed by atoms with van der Waals surface area (Å²) in [7, 11) is 1.83. The molecule has 0 aliphatic carbocycles. The van der Waals surface area contributed by atoms with Crippen molar-refractivity contribution in [3.05, 3.63) is 40.2 Å². The SMILES string of the molecule is CCN(CC(=O)Nc1cc(Cl)ccc1C)CC(=O)Nc1c(C)nn(C)c1C. The van der Waals surface area contributed by atoms with Crippen LogP contribution in [-0.2, 0) is 16.6 Å². The Hall–Kier alpha value is -2.38. The van der Waals surface area contributed by atoms with E-state index in [9.17, 15) is 9.59 Å². The standard InChI is InChI=1S/C19H26ClN5O2/c1-6-25(10-17(26)21-16-9-15(20)8-7-12(16)2)11-18(27)22-19-13(3)23-24(5)14(19)4/h7-9H,6,10-11H2,1-5H3,(H,21,26)(H,22,27). The molecule has 1 aromatic heterocycles. The van der Waals surface area contributed by atoms with Crippen LogP contribution in [-0.4, -0.2) is 46.1 Å². The van der Waals surface area contributed by atoms with Gasteiger partial charge in [0.05, 0.1) is 30.2 Å². The summed E-state index contributed by atoms with van der Waals surface area (Å²) in [5, 5.41) is 10.6. The van der Waals surface area contributed by atoms with Gasteiger partial charge >= 0.3 is 0 Å². The van der Waals surface area contributed by atoms with Crippen molar-refractivity contribution < 1.29 is 9.59 Å². The first kappa shape index (κ1) is 20.9. The average molecular weight is 392 g/mol. The van der Waals surface area contributed by atoms with Crippen LogP contribution in [0.25, 0.3) is 0 Å². The van der Waals surface area contributed by atoms with E-state index in [1.54, 1.807) is 21.7 Å². The Labute approximate surface area is 164 Å². The summed E-state index contributed by atoms with van der Waals surface area (Å²) in [4.78, 5) is 26.5. The second-order valence-corrected chi connectivity index (χ2v) is 6.96. The van der Waals surface area contributed by atoms with Crippen molar-refractivity contribution in [1.82, 2.24) is 14.7 Å². The van der Waals surface area contributed by atoms with E-state index in [0.29, 0.717) is 17.3 Å². The molecule has 0 bridgehead atoms. The third-order valence-electron chi connectivity index (χ3n) is 4.43. The van der Waals surface area contributed by atoms with Crippen LogP contribution in [0.2, 0.25) is 5.02 Å². The maximum Gasteiger partial charge on any atom is 0.238 e. The fourth-order valence-corrected chi connectivity index (χ4v) is 2.91. The lowest BCUT2D eigenvalue weighted by atomic mass is 10.2. The molecule has 0 spiro atoms. The number of aryl methyl sites for hydroxylation is 3. The zero-order valence-corrected chi connectivity index (χ0v) is 17.1. The minimum absolute atomic E-state index is 0.112. The second-order valence-electron chi connectivity index (χ2n) is 6.53. The summed E-state index contributed by atoms with van der Waals surface area (Å²) in [6, 6.07) is 5.34. The Balaban J connectivity index is 1.95. The summed E-state index contributed by atoms with van der Waals surface area (Å²) in [6.45, 7) is 8.35. The van der Waals surface area contributed by atoms with Gasteiger partial charge in [-0.2, -0.15) is 5.10 Å². The van der Waals surface area contributed by atoms with Crippen LogP contribution in [0.4, 0.5) is 11.4 Å². The monoisotopic (exact) mass is 391 g/mol. The molecule has 0 aliphatic rings. The van der Waals surface area contributed by atoms with Gasteiger partial charge in [-0.3, -0.25) is 19.2 Å². The van der Waals surface area contributed by atoms with Crippen molar-refractivity contribution in [2.24, 2.45) is 7.05 Å². The fraction of sp³-hybridized carbons (Fsp3) is 0.421. The van der Waals surface area contributed by atoms with Gasteiger partial charge in [0.1, 0.15) is 0 Å². The van der Waals surface area contributed by atoms with Crippen LogP contribution < -0.4 is 10.6 Å². The topological polar surface area (TPSA) is 79.3 Å². The number of halogens is 1. The Morgan fingerprint density at radius 1 is 1.15 bits per heavy atom. The fourth-order valence-electron chi connectivity index (χ4n) is 2.74. The van der Waals surface area contributed by atoms with Crippen LogP contribution in [0.5, 0.6) is 0 Å². The molecule has 2 amide bonds. The van der Waals surface area contributed by atoms with E-state index in [1.165, 1.54) is 0 Å². The highest BCUT2D eigenvalue weighted by atomic mass is 35.5. The number of anilines is 2. The molecule has 146 valence electrons. The quantitative estimate of drug-likeness (QED) is 0.760. The van der Waals surface area contributed by atoms with Crippen LogP contribution >= 0.6 is 11.6 Å². The van der Waals surface area contributed by atoms with Gasteiger partial charge in [-0.25, -0.2) is 0 Å². The van der Waals surface area contributed by atoms with Crippen molar-refractivity contribution >= 4 is 34.8 Å². The van der Waals surface area contributed by atoms with E-state index < -0.39 is 0 Å². The lowest BCUT2D eigenvalue weighted by Crippen LogP contribution is -2.38. The van der Waals surface area contributed by atoms with Gasteiger partial charge in [-0.05, 0) is 45.0 Å². The van der Waals surface area contributed by atoms with Crippen molar-refractivity contribution in [3.8, 4) is 0 Å². The normalized spacial score (nSPS) is 10.9. The largest absolute Gasteiger partial charge is 0.325 e. The smallest absolute Gasteiger partial charge is 0.238 e. The second kappa shape index (κ2) is 9.01. The maximum absolute atomic E-state index is 12.4. The van der Waals surface area contributed by atoms with E-state index in [2.05, 4.69) is 15.7 Å². The van der Waals surface area contributed by atoms with Crippen molar-refractivity contribution in [3.63, 3.8) is 0 Å². The first-order valence-electron chi connectivity index (χ1n) is 8.79. The summed E-state index contributed by atoms with van der Waals surface area (Å²) in [5.74, 6) is -0.369. The van der Waals surface area contributed by atoms with Gasteiger partial charge in [0.15, 0.2) is 0 Å². The molecule has 1 aromatic carbocycles. The average Bonchev–Trinajstić information content (AvgIpc) is 2.83. The van der Waals surface area contributed by atoms with E-state index in [0.717, 1.165) is 22.6 Å². The molecule has 27 heavy (non-hydrogen) atoms. The number of benzene rings is 1. The highest BCUT2D eigenvalue weighted by Crippen LogP contribution is 2.20. The number of rotatable bonds is 7. The van der Waals surface area contributed by atoms with E-state index in [-0.39, 0.29) is 24.9 Å². The van der Waals surface area contributed by atoms with Crippen molar-refractivity contribution in [1.29, 1.82) is 0 Å². The minimum atomic E-state index is -0.191. The van der Waals surface area contributed by atoms with Crippen molar-refractivity contribution in [2.75, 3.05) is 30.3 Å². The summed E-state index contributed by atoms with van der Waals surface area (Å²) < 4.78 is 1.73. The molecule has 8 heteroatoms. The summed E-state index contributed by atoms with van der Waals surface area (Å²) in [5.41, 5.74) is 3.97. The highest BCUT2D eigenvalue weighted by molar-refractivity contribution is 6.31. The first-order chi connectivity index (χ1) is 12.7. The third kappa shape index (κ3) is 5.55. The predicted molar refractivity (Wildman–Crippen MR) is 108 cm³/mol. The molecule has 7 nitrogen and oxygen atoms in total. The molecule has 2 aromatic rings. The Morgan fingerprint density at radius 2 is 1.78 bits per heavy atom. The van der Waals surface area contributed by atoms with Crippen LogP contribution in [0.3, 0.4) is 0 Å². The van der Waals surface area contributed by atoms with E-state index in [4.69, 9.17) is 11.6 Å². The zero-order chi connectivity index (χ0) is 20.1. The molecule has 0 radical (unpaired) electrons. The summed E-state index contributed by atoms with van der Waals surface area (Å²) in [6.07, 6.45) is 0. The van der Waals surface area contributed by atoms with E-state index in [1.807, 2.05) is 40.8 Å². The van der Waals surface area contributed by atoms with Gasteiger partial charge < -0.3 is 10.6 Å². The molecular formula is C19H26ClN5O2. The Morgan fingerprint density at radius 3 is 2.33 bits per heavy atom. The summed E-state index contributed by atoms with van der Waals surface area (Å²) >= 11 is 5.98. The molecule has 0 saturated carbocycles. The Bertz CT molecular complexity index is 847. The number of nitrogens with one attached hydrogen (secondary N) is 2. The van der Waals surface area contributed by atoms with Crippen LogP contribution in [0.1, 0.15) is 23.9 Å². The number of nitrogens with zero attached hydrogens (tertiary/aromatic N) is 3. The predicted octanol–water partition coefficient (Wildman–Crippen LogP) is 2.90. The molecule has 2 rings (SSSR count). The zero-order valence-electron chi connectivity index (χ0n) is 16.4. The lowest BCUT2D eigenvalue weighted by molar-refractivity contribution is -0.119. The number of aromatic nitrogens is 2. The number of amides is 2. The number of carbonyl (C=O) groups is 2. The molecule has 0 unspecified atom stereocenters.